The first-order valence-electron chi connectivity index (χ1n) is 12.1. The number of rotatable bonds is 4. The number of thiophene rings is 1. The quantitative estimate of drug-likeness (QED) is 0.653. The highest BCUT2D eigenvalue weighted by atomic mass is 32.1. The lowest BCUT2D eigenvalue weighted by Gasteiger charge is -2.30. The fourth-order valence-electron chi connectivity index (χ4n) is 5.41. The molecule has 1 saturated carbocycles. The normalized spacial score (nSPS) is 24.6. The van der Waals surface area contributed by atoms with Crippen molar-refractivity contribution in [3.05, 3.63) is 45.6 Å². The number of nitrogens with zero attached hydrogens (tertiary/aromatic N) is 2. The van der Waals surface area contributed by atoms with Gasteiger partial charge in [-0.25, -0.2) is 14.5 Å². The number of hydrogen-bond donors (Lipinski definition) is 2. The number of hydrogen-bond acceptors (Lipinski definition) is 7. The Morgan fingerprint density at radius 1 is 1.22 bits per heavy atom. The van der Waals surface area contributed by atoms with Crippen molar-refractivity contribution in [1.29, 1.82) is 0 Å². The van der Waals surface area contributed by atoms with E-state index in [9.17, 15) is 19.2 Å². The van der Waals surface area contributed by atoms with Gasteiger partial charge in [0.25, 0.3) is 5.91 Å². The molecule has 2 fully saturated rings. The maximum absolute atomic E-state index is 13.6. The molecule has 2 atom stereocenters. The summed E-state index contributed by atoms with van der Waals surface area (Å²) < 4.78 is 11.7. The molecule has 188 valence electrons. The zero-order chi connectivity index (χ0) is 25.0. The molecule has 1 spiro atoms. The third kappa shape index (κ3) is 3.69. The molecule has 1 saturated heterocycles. The molecule has 2 aromatic rings. The summed E-state index contributed by atoms with van der Waals surface area (Å²) in [5.74, 6) is 0.360. The zero-order valence-corrected chi connectivity index (χ0v) is 20.6. The zero-order valence-electron chi connectivity index (χ0n) is 19.7. The second-order valence-electron chi connectivity index (χ2n) is 9.61. The number of aryl methyl sites for hydroxylation is 1. The average Bonchev–Trinajstić information content (AvgIpc) is 3.50. The van der Waals surface area contributed by atoms with Crippen LogP contribution in [0.15, 0.2) is 29.6 Å². The molecular weight excluding hydrogens is 484 g/mol. The van der Waals surface area contributed by atoms with E-state index in [0.717, 1.165) is 33.9 Å². The van der Waals surface area contributed by atoms with Gasteiger partial charge in [-0.1, -0.05) is 6.07 Å². The molecule has 0 bridgehead atoms. The van der Waals surface area contributed by atoms with Crippen molar-refractivity contribution >= 4 is 41.0 Å². The molecule has 2 N–H and O–H groups in total. The molecule has 6 rings (SSSR count). The summed E-state index contributed by atoms with van der Waals surface area (Å²) in [5.41, 5.74) is 0.565. The first-order chi connectivity index (χ1) is 17.4. The van der Waals surface area contributed by atoms with Crippen LogP contribution in [0.4, 0.5) is 15.3 Å². The molecule has 2 aliphatic heterocycles. The van der Waals surface area contributed by atoms with Crippen LogP contribution in [0.5, 0.6) is 5.75 Å². The third-order valence-electron chi connectivity index (χ3n) is 7.45. The summed E-state index contributed by atoms with van der Waals surface area (Å²) in [6.45, 7) is 0.441. The molecule has 3 heterocycles. The molecule has 2 aliphatic carbocycles. The van der Waals surface area contributed by atoms with Crippen molar-refractivity contribution in [2.24, 2.45) is 5.92 Å². The SMILES string of the molecule is CNC(=O)Nc1ccc2c(c1)CC[C@]21OC(=O)N(CC(=O)N2Cc3sccc3OCC2C2CC2)C1=O. The number of anilines is 1. The first-order valence-corrected chi connectivity index (χ1v) is 12.9. The van der Waals surface area contributed by atoms with Gasteiger partial charge in [0.05, 0.1) is 17.5 Å². The Morgan fingerprint density at radius 2 is 2.06 bits per heavy atom. The highest BCUT2D eigenvalue weighted by Gasteiger charge is 2.58. The summed E-state index contributed by atoms with van der Waals surface area (Å²) in [4.78, 5) is 55.3. The van der Waals surface area contributed by atoms with Crippen LogP contribution in [0.1, 0.15) is 35.3 Å². The van der Waals surface area contributed by atoms with Crippen molar-refractivity contribution in [2.75, 3.05) is 25.5 Å². The lowest BCUT2D eigenvalue weighted by molar-refractivity contribution is -0.143. The van der Waals surface area contributed by atoms with Crippen LogP contribution in [0.2, 0.25) is 0 Å². The maximum atomic E-state index is 13.6. The van der Waals surface area contributed by atoms with Crippen LogP contribution < -0.4 is 15.4 Å². The number of fused-ring (bicyclic) bond motifs is 3. The van der Waals surface area contributed by atoms with Crippen molar-refractivity contribution in [3.8, 4) is 5.75 Å². The van der Waals surface area contributed by atoms with Gasteiger partial charge in [0, 0.05) is 24.7 Å². The Morgan fingerprint density at radius 3 is 2.83 bits per heavy atom. The van der Waals surface area contributed by atoms with Crippen molar-refractivity contribution in [3.63, 3.8) is 0 Å². The number of ether oxygens (including phenoxy) is 2. The predicted octanol–water partition coefficient (Wildman–Crippen LogP) is 2.82. The summed E-state index contributed by atoms with van der Waals surface area (Å²) in [5, 5.41) is 7.13. The van der Waals surface area contributed by atoms with Crippen LogP contribution in [-0.2, 0) is 32.9 Å². The Bertz CT molecular complexity index is 1270. The average molecular weight is 511 g/mol. The Balaban J connectivity index is 1.22. The van der Waals surface area contributed by atoms with E-state index in [2.05, 4.69) is 10.6 Å². The minimum absolute atomic E-state index is 0.0850. The lowest BCUT2D eigenvalue weighted by Crippen LogP contribution is -2.49. The molecule has 4 aliphatic rings. The standard InChI is InChI=1S/C25H26N4O6S/c1-26-23(32)27-16-4-5-17-15(10-16)6-8-25(17)22(31)29(24(33)35-25)12-21(30)28-11-20-19(7-9-36-20)34-13-18(28)14-2-3-14/h4-5,7,9-10,14,18H,2-3,6,8,11-13H2,1H3,(H2,26,27,32)/t18?,25-/m0/s1. The highest BCUT2D eigenvalue weighted by molar-refractivity contribution is 7.10. The largest absolute Gasteiger partial charge is 0.490 e. The number of carbonyl (C=O) groups excluding carboxylic acids is 4. The molecule has 36 heavy (non-hydrogen) atoms. The van der Waals surface area contributed by atoms with Gasteiger partial charge in [-0.3, -0.25) is 9.59 Å². The van der Waals surface area contributed by atoms with Gasteiger partial charge in [0.2, 0.25) is 11.5 Å². The van der Waals surface area contributed by atoms with E-state index in [1.54, 1.807) is 23.1 Å². The molecule has 1 unspecified atom stereocenters. The van der Waals surface area contributed by atoms with Gasteiger partial charge in [-0.15, -0.1) is 11.3 Å². The van der Waals surface area contributed by atoms with Crippen LogP contribution in [-0.4, -0.2) is 60.0 Å². The van der Waals surface area contributed by atoms with E-state index >= 15 is 0 Å². The van der Waals surface area contributed by atoms with Crippen molar-refractivity contribution in [1.82, 2.24) is 15.1 Å². The number of nitrogens with one attached hydrogen (secondary N) is 2. The third-order valence-corrected chi connectivity index (χ3v) is 8.34. The number of imide groups is 1. The molecule has 1 aromatic carbocycles. The fourth-order valence-corrected chi connectivity index (χ4v) is 6.22. The second-order valence-corrected chi connectivity index (χ2v) is 10.6. The number of benzene rings is 1. The summed E-state index contributed by atoms with van der Waals surface area (Å²) >= 11 is 1.53. The second kappa shape index (κ2) is 8.51. The number of amides is 5. The van der Waals surface area contributed by atoms with E-state index in [0.29, 0.717) is 43.2 Å². The molecular formula is C25H26N4O6S. The summed E-state index contributed by atoms with van der Waals surface area (Å²) in [6, 6.07) is 6.64. The minimum atomic E-state index is -1.43. The topological polar surface area (TPSA) is 117 Å². The molecule has 5 amide bonds. The van der Waals surface area contributed by atoms with E-state index in [1.807, 2.05) is 11.4 Å². The van der Waals surface area contributed by atoms with Crippen LogP contribution in [0.3, 0.4) is 0 Å². The summed E-state index contributed by atoms with van der Waals surface area (Å²) in [7, 11) is 1.52. The Kier molecular flexibility index (Phi) is 5.40. The monoisotopic (exact) mass is 510 g/mol. The van der Waals surface area contributed by atoms with E-state index in [1.165, 1.54) is 18.4 Å². The van der Waals surface area contributed by atoms with Gasteiger partial charge in [0.15, 0.2) is 0 Å². The lowest BCUT2D eigenvalue weighted by atomic mass is 9.94. The molecule has 0 radical (unpaired) electrons. The van der Waals surface area contributed by atoms with E-state index in [-0.39, 0.29) is 24.5 Å². The van der Waals surface area contributed by atoms with Gasteiger partial charge >= 0.3 is 12.1 Å². The molecule has 10 nitrogen and oxygen atoms in total. The summed E-state index contributed by atoms with van der Waals surface area (Å²) in [6.07, 6.45) is 2.06. The number of carbonyl (C=O) groups is 4. The van der Waals surface area contributed by atoms with E-state index < -0.39 is 17.6 Å². The predicted molar refractivity (Wildman–Crippen MR) is 130 cm³/mol. The van der Waals surface area contributed by atoms with E-state index in [4.69, 9.17) is 9.47 Å². The fraction of sp³-hybridized carbons (Fsp3) is 0.440. The Hall–Kier alpha value is -3.60. The number of urea groups is 1. The van der Waals surface area contributed by atoms with Crippen molar-refractivity contribution in [2.45, 2.75) is 43.9 Å². The maximum Gasteiger partial charge on any atom is 0.418 e. The van der Waals surface area contributed by atoms with Gasteiger partial charge in [0.1, 0.15) is 18.9 Å². The van der Waals surface area contributed by atoms with Crippen molar-refractivity contribution < 1.29 is 28.7 Å². The van der Waals surface area contributed by atoms with Gasteiger partial charge in [-0.05, 0) is 54.3 Å². The van der Waals surface area contributed by atoms with Crippen LogP contribution in [0, 0.1) is 5.92 Å². The van der Waals surface area contributed by atoms with Crippen LogP contribution in [0.25, 0.3) is 0 Å². The smallest absolute Gasteiger partial charge is 0.418 e. The minimum Gasteiger partial charge on any atom is -0.490 e. The van der Waals surface area contributed by atoms with Crippen LogP contribution >= 0.6 is 11.3 Å². The highest BCUT2D eigenvalue weighted by Crippen LogP contribution is 2.46. The molecule has 11 heteroatoms. The molecule has 1 aromatic heterocycles. The van der Waals surface area contributed by atoms with Gasteiger partial charge in [-0.2, -0.15) is 0 Å². The first kappa shape index (κ1) is 22.8. The Labute approximate surface area is 211 Å². The van der Waals surface area contributed by atoms with Gasteiger partial charge < -0.3 is 25.0 Å².